The van der Waals surface area contributed by atoms with E-state index in [0.717, 1.165) is 5.56 Å². The molecule has 1 N–H and O–H groups in total. The summed E-state index contributed by atoms with van der Waals surface area (Å²) in [6, 6.07) is 5.45. The number of aromatic nitrogens is 4. The molecule has 0 fully saturated rings. The van der Waals surface area contributed by atoms with E-state index >= 15 is 0 Å². The molecule has 9 nitrogen and oxygen atoms in total. The van der Waals surface area contributed by atoms with Crippen molar-refractivity contribution >= 4 is 51.7 Å². The number of hydrogen-bond donors (Lipinski definition) is 1. The highest BCUT2D eigenvalue weighted by Gasteiger charge is 2.20. The molecule has 1 amide bonds. The van der Waals surface area contributed by atoms with Crippen molar-refractivity contribution in [1.82, 2.24) is 19.7 Å². The summed E-state index contributed by atoms with van der Waals surface area (Å²) < 4.78 is 12.8. The lowest BCUT2D eigenvalue weighted by molar-refractivity contribution is -0.142. The number of thiazole rings is 1. The third-order valence-corrected chi connectivity index (χ3v) is 6.82. The lowest BCUT2D eigenvalue weighted by Gasteiger charge is -2.16. The highest BCUT2D eigenvalue weighted by atomic mass is 35.5. The van der Waals surface area contributed by atoms with Gasteiger partial charge in [0.1, 0.15) is 5.75 Å². The Hall–Kier alpha value is -2.89. The predicted octanol–water partition coefficient (Wildman–Crippen LogP) is 4.86. The van der Waals surface area contributed by atoms with Crippen LogP contribution in [-0.2, 0) is 27.3 Å². The van der Waals surface area contributed by atoms with E-state index in [4.69, 9.17) is 21.1 Å². The number of anilines is 1. The minimum atomic E-state index is -0.389. The highest BCUT2D eigenvalue weighted by molar-refractivity contribution is 7.99. The molecule has 0 spiro atoms. The largest absolute Gasteiger partial charge is 0.483 e. The number of rotatable bonds is 12. The van der Waals surface area contributed by atoms with Gasteiger partial charge in [0.25, 0.3) is 0 Å². The summed E-state index contributed by atoms with van der Waals surface area (Å²) in [5, 5.41) is 14.7. The molecular formula is C23H26ClN5O4S2. The molecule has 2 heterocycles. The minimum absolute atomic E-state index is 0.0677. The van der Waals surface area contributed by atoms with E-state index in [1.54, 1.807) is 30.5 Å². The van der Waals surface area contributed by atoms with Gasteiger partial charge < -0.3 is 14.8 Å². The second-order valence-electron chi connectivity index (χ2n) is 7.37. The molecule has 3 aromatic rings. The maximum atomic E-state index is 12.5. The number of aryl methyl sites for hydroxylation is 1. The van der Waals surface area contributed by atoms with E-state index < -0.39 is 0 Å². The number of amides is 1. The first kappa shape index (κ1) is 26.7. The fourth-order valence-electron chi connectivity index (χ4n) is 3.05. The summed E-state index contributed by atoms with van der Waals surface area (Å²) in [7, 11) is 0. The van der Waals surface area contributed by atoms with Crippen molar-refractivity contribution in [3.63, 3.8) is 0 Å². The number of ether oxygens (including phenoxy) is 2. The van der Waals surface area contributed by atoms with Gasteiger partial charge in [-0.3, -0.25) is 14.2 Å². The number of benzene rings is 1. The van der Waals surface area contributed by atoms with Gasteiger partial charge in [-0.2, -0.15) is 0 Å². The molecule has 1 aromatic carbocycles. The molecule has 0 radical (unpaired) electrons. The van der Waals surface area contributed by atoms with E-state index in [0.29, 0.717) is 45.7 Å². The second-order valence-corrected chi connectivity index (χ2v) is 9.58. The number of halogens is 1. The molecular weight excluding hydrogens is 510 g/mol. The van der Waals surface area contributed by atoms with Crippen LogP contribution in [-0.4, -0.2) is 44.0 Å². The summed E-state index contributed by atoms with van der Waals surface area (Å²) in [6.07, 6.45) is 1.41. The summed E-state index contributed by atoms with van der Waals surface area (Å²) in [4.78, 5) is 28.3. The maximum Gasteiger partial charge on any atom is 0.311 e. The molecule has 0 aliphatic heterocycles. The lowest BCUT2D eigenvalue weighted by atomic mass is 10.2. The van der Waals surface area contributed by atoms with Gasteiger partial charge in [-0.05, 0) is 44.5 Å². The van der Waals surface area contributed by atoms with Crippen LogP contribution in [0.4, 0.5) is 5.13 Å². The highest BCUT2D eigenvalue weighted by Crippen LogP contribution is 2.27. The van der Waals surface area contributed by atoms with Crippen molar-refractivity contribution in [2.75, 3.05) is 17.7 Å². The van der Waals surface area contributed by atoms with Gasteiger partial charge in [0.05, 0.1) is 24.5 Å². The number of nitrogens with one attached hydrogen (secondary N) is 1. The molecule has 0 aliphatic carbocycles. The number of carbonyl (C=O) groups is 2. The molecule has 1 unspecified atom stereocenters. The smallest absolute Gasteiger partial charge is 0.311 e. The van der Waals surface area contributed by atoms with Crippen molar-refractivity contribution < 1.29 is 19.1 Å². The van der Waals surface area contributed by atoms with Gasteiger partial charge in [-0.1, -0.05) is 29.4 Å². The van der Waals surface area contributed by atoms with Crippen molar-refractivity contribution in [1.29, 1.82) is 0 Å². The second kappa shape index (κ2) is 12.7. The molecule has 0 bridgehead atoms. The molecule has 1 atom stereocenters. The van der Waals surface area contributed by atoms with E-state index in [1.807, 2.05) is 24.5 Å². The van der Waals surface area contributed by atoms with E-state index in [9.17, 15) is 9.59 Å². The average molecular weight is 536 g/mol. The van der Waals surface area contributed by atoms with Crippen LogP contribution >= 0.6 is 34.7 Å². The number of carbonyl (C=O) groups excluding carboxylic acids is 2. The standard InChI is InChI=1S/C23H26ClN5O4S2/c1-5-9-29-21(15(4)33-17-7-8-18(24)14(3)10-17)27-28-23(29)35-13-19(30)26-22-25-16(12-34-22)11-20(31)32-6-2/h5,7-8,10,12,15H,1,6,9,11,13H2,2-4H3,(H,25,26,30). The van der Waals surface area contributed by atoms with Crippen LogP contribution in [0.2, 0.25) is 5.02 Å². The normalized spacial score (nSPS) is 11.7. The zero-order chi connectivity index (χ0) is 25.4. The number of allylic oxidation sites excluding steroid dienone is 1. The van der Waals surface area contributed by atoms with Gasteiger partial charge in [0.2, 0.25) is 5.91 Å². The van der Waals surface area contributed by atoms with Gasteiger partial charge in [-0.25, -0.2) is 4.98 Å². The Morgan fingerprint density at radius 2 is 2.17 bits per heavy atom. The molecule has 12 heteroatoms. The molecule has 186 valence electrons. The van der Waals surface area contributed by atoms with Crippen LogP contribution in [0.15, 0.2) is 41.4 Å². The maximum absolute atomic E-state index is 12.5. The van der Waals surface area contributed by atoms with Crippen LogP contribution in [0.1, 0.15) is 37.0 Å². The third-order valence-electron chi connectivity index (χ3n) is 4.62. The quantitative estimate of drug-likeness (QED) is 0.199. The van der Waals surface area contributed by atoms with Gasteiger partial charge >= 0.3 is 5.97 Å². The first-order valence-electron chi connectivity index (χ1n) is 10.8. The minimum Gasteiger partial charge on any atom is -0.483 e. The summed E-state index contributed by atoms with van der Waals surface area (Å²) >= 11 is 8.59. The number of nitrogens with zero attached hydrogens (tertiary/aromatic N) is 4. The molecule has 35 heavy (non-hydrogen) atoms. The van der Waals surface area contributed by atoms with Crippen LogP contribution in [0.5, 0.6) is 5.75 Å². The Labute approximate surface area is 216 Å². The van der Waals surface area contributed by atoms with E-state index in [-0.39, 0.29) is 30.2 Å². The first-order valence-corrected chi connectivity index (χ1v) is 13.0. The van der Waals surface area contributed by atoms with Crippen LogP contribution in [0.25, 0.3) is 0 Å². The lowest BCUT2D eigenvalue weighted by Crippen LogP contribution is -2.15. The Morgan fingerprint density at radius 1 is 1.37 bits per heavy atom. The van der Waals surface area contributed by atoms with E-state index in [2.05, 4.69) is 27.1 Å². The molecule has 0 saturated heterocycles. The Balaban J connectivity index is 1.60. The SMILES string of the molecule is C=CCn1c(SCC(=O)Nc2nc(CC(=O)OCC)cs2)nnc1C(C)Oc1ccc(Cl)c(C)c1. The van der Waals surface area contributed by atoms with E-state index in [1.165, 1.54) is 23.1 Å². The Morgan fingerprint density at radius 3 is 2.89 bits per heavy atom. The van der Waals surface area contributed by atoms with Crippen LogP contribution in [0.3, 0.4) is 0 Å². The Kier molecular flexibility index (Phi) is 9.70. The van der Waals surface area contributed by atoms with Gasteiger partial charge in [0, 0.05) is 16.9 Å². The summed E-state index contributed by atoms with van der Waals surface area (Å²) in [6.45, 7) is 10.1. The van der Waals surface area contributed by atoms with Crippen molar-refractivity contribution in [3.05, 3.63) is 58.3 Å². The molecule has 0 saturated carbocycles. The zero-order valence-electron chi connectivity index (χ0n) is 19.6. The van der Waals surface area contributed by atoms with Crippen LogP contribution < -0.4 is 10.1 Å². The van der Waals surface area contributed by atoms with Crippen molar-refractivity contribution in [2.24, 2.45) is 0 Å². The monoisotopic (exact) mass is 535 g/mol. The van der Waals surface area contributed by atoms with Crippen molar-refractivity contribution in [2.45, 2.75) is 45.0 Å². The molecule has 2 aromatic heterocycles. The van der Waals surface area contributed by atoms with Crippen molar-refractivity contribution in [3.8, 4) is 5.75 Å². The fourth-order valence-corrected chi connectivity index (χ4v) is 4.65. The first-order chi connectivity index (χ1) is 16.8. The van der Waals surface area contributed by atoms with Gasteiger partial charge in [-0.15, -0.1) is 28.1 Å². The Bertz CT molecular complexity index is 1200. The topological polar surface area (TPSA) is 108 Å². The molecule has 0 aliphatic rings. The number of hydrogen-bond acceptors (Lipinski definition) is 9. The number of esters is 1. The predicted molar refractivity (Wildman–Crippen MR) is 137 cm³/mol. The number of thioether (sulfide) groups is 1. The average Bonchev–Trinajstić information content (AvgIpc) is 3.42. The third kappa shape index (κ3) is 7.55. The van der Waals surface area contributed by atoms with Crippen LogP contribution in [0, 0.1) is 6.92 Å². The van der Waals surface area contributed by atoms with Gasteiger partial charge in [0.15, 0.2) is 22.2 Å². The summed E-state index contributed by atoms with van der Waals surface area (Å²) in [5.74, 6) is 0.791. The molecule has 3 rings (SSSR count). The zero-order valence-corrected chi connectivity index (χ0v) is 22.0. The summed E-state index contributed by atoms with van der Waals surface area (Å²) in [5.41, 5.74) is 1.47. The fraction of sp³-hybridized carbons (Fsp3) is 0.348.